The third kappa shape index (κ3) is 3.05. The van der Waals surface area contributed by atoms with Crippen LogP contribution in [-0.4, -0.2) is 19.3 Å². The van der Waals surface area contributed by atoms with E-state index in [0.717, 1.165) is 22.2 Å². The van der Waals surface area contributed by atoms with Crippen molar-refractivity contribution >= 4 is 23.4 Å². The van der Waals surface area contributed by atoms with Crippen molar-refractivity contribution < 1.29 is 0 Å². The highest BCUT2D eigenvalue weighted by atomic mass is 35.5. The summed E-state index contributed by atoms with van der Waals surface area (Å²) in [4.78, 5) is 1.16. The average molecular weight is 202 g/mol. The second-order valence-electron chi connectivity index (χ2n) is 2.38. The van der Waals surface area contributed by atoms with Gasteiger partial charge in [-0.05, 0) is 19.2 Å². The molecular weight excluding hydrogens is 190 g/mol. The predicted octanol–water partition coefficient (Wildman–Crippen LogP) is 2.65. The van der Waals surface area contributed by atoms with Crippen LogP contribution in [0.15, 0.2) is 29.2 Å². The molecule has 0 bridgehead atoms. The van der Waals surface area contributed by atoms with Crippen LogP contribution >= 0.6 is 23.4 Å². The van der Waals surface area contributed by atoms with Crippen LogP contribution in [0.1, 0.15) is 0 Å². The highest BCUT2D eigenvalue weighted by molar-refractivity contribution is 7.99. The topological polar surface area (TPSA) is 12.0 Å². The molecule has 1 rings (SSSR count). The Morgan fingerprint density at radius 2 is 2.17 bits per heavy atom. The lowest BCUT2D eigenvalue weighted by atomic mass is 10.4. The third-order valence-corrected chi connectivity index (χ3v) is 2.96. The minimum Gasteiger partial charge on any atom is -0.319 e. The molecule has 1 aromatic rings. The molecular formula is C9H12ClNS. The molecule has 0 unspecified atom stereocenters. The smallest absolute Gasteiger partial charge is 0.0541 e. The molecule has 0 spiro atoms. The zero-order valence-corrected chi connectivity index (χ0v) is 8.58. The molecule has 0 atom stereocenters. The molecule has 0 aliphatic heterocycles. The molecule has 0 saturated carbocycles. The van der Waals surface area contributed by atoms with Gasteiger partial charge in [-0.15, -0.1) is 11.8 Å². The molecule has 66 valence electrons. The standard InChI is InChI=1S/C9H12ClNS/c1-11-6-7-12-9-5-3-2-4-8(9)10/h2-5,11H,6-7H2,1H3. The third-order valence-electron chi connectivity index (χ3n) is 1.45. The summed E-state index contributed by atoms with van der Waals surface area (Å²) in [5, 5.41) is 3.94. The first-order chi connectivity index (χ1) is 5.84. The van der Waals surface area contributed by atoms with E-state index in [1.54, 1.807) is 11.8 Å². The van der Waals surface area contributed by atoms with Crippen molar-refractivity contribution in [1.82, 2.24) is 5.32 Å². The summed E-state index contributed by atoms with van der Waals surface area (Å²) in [6.07, 6.45) is 0. The molecule has 0 amide bonds. The van der Waals surface area contributed by atoms with E-state index in [1.807, 2.05) is 31.3 Å². The second kappa shape index (κ2) is 5.46. The van der Waals surface area contributed by atoms with Gasteiger partial charge in [0.25, 0.3) is 0 Å². The molecule has 0 radical (unpaired) electrons. The Bertz CT molecular complexity index is 240. The van der Waals surface area contributed by atoms with E-state index < -0.39 is 0 Å². The Morgan fingerprint density at radius 1 is 1.42 bits per heavy atom. The number of nitrogens with one attached hydrogen (secondary N) is 1. The minimum absolute atomic E-state index is 0.846. The molecule has 0 aliphatic carbocycles. The van der Waals surface area contributed by atoms with Crippen LogP contribution in [0, 0.1) is 0 Å². The first-order valence-electron chi connectivity index (χ1n) is 3.86. The van der Waals surface area contributed by atoms with Gasteiger partial charge in [0.2, 0.25) is 0 Å². The van der Waals surface area contributed by atoms with Gasteiger partial charge >= 0.3 is 0 Å². The monoisotopic (exact) mass is 201 g/mol. The Kier molecular flexibility index (Phi) is 4.51. The molecule has 0 saturated heterocycles. The van der Waals surface area contributed by atoms with Crippen molar-refractivity contribution in [3.8, 4) is 0 Å². The SMILES string of the molecule is CNCCSc1ccccc1Cl. The molecule has 0 heterocycles. The zero-order chi connectivity index (χ0) is 8.81. The zero-order valence-electron chi connectivity index (χ0n) is 7.01. The van der Waals surface area contributed by atoms with Crippen LogP contribution in [0.25, 0.3) is 0 Å². The molecule has 0 aromatic heterocycles. The van der Waals surface area contributed by atoms with Gasteiger partial charge in [-0.25, -0.2) is 0 Å². The van der Waals surface area contributed by atoms with Crippen LogP contribution in [0.4, 0.5) is 0 Å². The van der Waals surface area contributed by atoms with Gasteiger partial charge in [0, 0.05) is 17.2 Å². The number of benzene rings is 1. The maximum Gasteiger partial charge on any atom is 0.0541 e. The average Bonchev–Trinajstić information content (AvgIpc) is 2.09. The summed E-state index contributed by atoms with van der Waals surface area (Å²) < 4.78 is 0. The fourth-order valence-electron chi connectivity index (χ4n) is 0.825. The first-order valence-corrected chi connectivity index (χ1v) is 5.23. The number of halogens is 1. The van der Waals surface area contributed by atoms with Gasteiger partial charge < -0.3 is 5.32 Å². The summed E-state index contributed by atoms with van der Waals surface area (Å²) in [6.45, 7) is 1.01. The fourth-order valence-corrected chi connectivity index (χ4v) is 2.03. The van der Waals surface area contributed by atoms with E-state index in [2.05, 4.69) is 5.32 Å². The summed E-state index contributed by atoms with van der Waals surface area (Å²) in [6, 6.07) is 7.92. The summed E-state index contributed by atoms with van der Waals surface area (Å²) in [5.41, 5.74) is 0. The maximum absolute atomic E-state index is 5.96. The molecule has 0 aliphatic rings. The predicted molar refractivity (Wildman–Crippen MR) is 56.1 cm³/mol. The van der Waals surface area contributed by atoms with Crippen LogP contribution in [-0.2, 0) is 0 Å². The Labute approximate surface area is 82.5 Å². The Hall–Kier alpha value is -0.180. The summed E-state index contributed by atoms with van der Waals surface area (Å²) in [5.74, 6) is 1.06. The highest BCUT2D eigenvalue weighted by Gasteiger charge is 1.97. The summed E-state index contributed by atoms with van der Waals surface area (Å²) in [7, 11) is 1.95. The Morgan fingerprint density at radius 3 is 2.83 bits per heavy atom. The fraction of sp³-hybridized carbons (Fsp3) is 0.333. The van der Waals surface area contributed by atoms with Gasteiger partial charge in [-0.2, -0.15) is 0 Å². The van der Waals surface area contributed by atoms with Crippen molar-refractivity contribution in [2.45, 2.75) is 4.90 Å². The molecule has 1 aromatic carbocycles. The van der Waals surface area contributed by atoms with Crippen molar-refractivity contribution in [3.05, 3.63) is 29.3 Å². The van der Waals surface area contributed by atoms with Gasteiger partial charge in [0.15, 0.2) is 0 Å². The largest absolute Gasteiger partial charge is 0.319 e. The molecule has 3 heteroatoms. The van der Waals surface area contributed by atoms with E-state index in [-0.39, 0.29) is 0 Å². The Balaban J connectivity index is 2.46. The van der Waals surface area contributed by atoms with E-state index >= 15 is 0 Å². The van der Waals surface area contributed by atoms with Crippen molar-refractivity contribution in [3.63, 3.8) is 0 Å². The molecule has 0 fully saturated rings. The van der Waals surface area contributed by atoms with Crippen LogP contribution in [0.2, 0.25) is 5.02 Å². The van der Waals surface area contributed by atoms with Gasteiger partial charge in [-0.1, -0.05) is 23.7 Å². The van der Waals surface area contributed by atoms with Gasteiger partial charge in [0.1, 0.15) is 0 Å². The summed E-state index contributed by atoms with van der Waals surface area (Å²) >= 11 is 7.74. The van der Waals surface area contributed by atoms with Crippen LogP contribution < -0.4 is 5.32 Å². The first kappa shape index (κ1) is 9.90. The number of rotatable bonds is 4. The van der Waals surface area contributed by atoms with Crippen molar-refractivity contribution in [1.29, 1.82) is 0 Å². The van der Waals surface area contributed by atoms with Crippen LogP contribution in [0.5, 0.6) is 0 Å². The normalized spacial score (nSPS) is 10.2. The van der Waals surface area contributed by atoms with Crippen LogP contribution in [0.3, 0.4) is 0 Å². The lowest BCUT2D eigenvalue weighted by Crippen LogP contribution is -2.09. The maximum atomic E-state index is 5.96. The van der Waals surface area contributed by atoms with E-state index in [9.17, 15) is 0 Å². The molecule has 12 heavy (non-hydrogen) atoms. The number of thioether (sulfide) groups is 1. The van der Waals surface area contributed by atoms with Crippen molar-refractivity contribution in [2.75, 3.05) is 19.3 Å². The number of hydrogen-bond acceptors (Lipinski definition) is 2. The van der Waals surface area contributed by atoms with E-state index in [1.165, 1.54) is 0 Å². The quantitative estimate of drug-likeness (QED) is 0.594. The second-order valence-corrected chi connectivity index (χ2v) is 3.93. The lowest BCUT2D eigenvalue weighted by Gasteiger charge is -2.02. The molecule has 1 N–H and O–H groups in total. The van der Waals surface area contributed by atoms with E-state index in [0.29, 0.717) is 0 Å². The molecule has 1 nitrogen and oxygen atoms in total. The minimum atomic E-state index is 0.846. The highest BCUT2D eigenvalue weighted by Crippen LogP contribution is 2.25. The lowest BCUT2D eigenvalue weighted by molar-refractivity contribution is 0.872. The van der Waals surface area contributed by atoms with E-state index in [4.69, 9.17) is 11.6 Å². The van der Waals surface area contributed by atoms with Gasteiger partial charge in [0.05, 0.1) is 5.02 Å². The van der Waals surface area contributed by atoms with Gasteiger partial charge in [-0.3, -0.25) is 0 Å². The van der Waals surface area contributed by atoms with Crippen molar-refractivity contribution in [2.24, 2.45) is 0 Å². The number of hydrogen-bond donors (Lipinski definition) is 1.